The Hall–Kier alpha value is -1.77. The summed E-state index contributed by atoms with van der Waals surface area (Å²) >= 11 is 0. The minimum atomic E-state index is -0.879. The maximum absolute atomic E-state index is 11.2. The number of rotatable bonds is 5. The van der Waals surface area contributed by atoms with E-state index in [0.717, 1.165) is 11.3 Å². The van der Waals surface area contributed by atoms with Gasteiger partial charge in [0.15, 0.2) is 0 Å². The van der Waals surface area contributed by atoms with Gasteiger partial charge in [-0.1, -0.05) is 18.2 Å². The third kappa shape index (κ3) is 2.67. The number of hydrogen-bond donors (Lipinski definition) is 1. The average molecular weight is 234 g/mol. The molecule has 0 bridgehead atoms. The lowest BCUT2D eigenvalue weighted by molar-refractivity contribution is -0.147. The van der Waals surface area contributed by atoms with Gasteiger partial charge >= 0.3 is 5.97 Å². The van der Waals surface area contributed by atoms with Crippen LogP contribution in [0.15, 0.2) is 36.9 Å². The van der Waals surface area contributed by atoms with Gasteiger partial charge in [-0.05, 0) is 31.5 Å². The molecule has 1 unspecified atom stereocenters. The molecule has 0 heterocycles. The highest BCUT2D eigenvalue weighted by molar-refractivity contribution is 5.75. The lowest BCUT2D eigenvalue weighted by Gasteiger charge is -2.28. The average Bonchev–Trinajstić information content (AvgIpc) is 2.30. The van der Waals surface area contributed by atoms with Crippen LogP contribution in [0.3, 0.4) is 0 Å². The van der Waals surface area contributed by atoms with Crippen molar-refractivity contribution in [3.8, 4) is 5.75 Å². The Morgan fingerprint density at radius 1 is 1.41 bits per heavy atom. The van der Waals surface area contributed by atoms with E-state index in [-0.39, 0.29) is 5.92 Å². The number of allylic oxidation sites excluding steroid dienone is 1. The van der Waals surface area contributed by atoms with Crippen molar-refractivity contribution in [2.75, 3.05) is 7.11 Å². The standard InChI is InChI=1S/C14H18O3/c1-5-12(14(2,3)13(15)16)10-6-8-11(17-4)9-7-10/h5-9,12H,1H2,2-4H3,(H,15,16). The van der Waals surface area contributed by atoms with E-state index in [1.807, 2.05) is 24.3 Å². The van der Waals surface area contributed by atoms with Crippen LogP contribution in [0.2, 0.25) is 0 Å². The van der Waals surface area contributed by atoms with Crippen LogP contribution in [-0.2, 0) is 4.79 Å². The summed E-state index contributed by atoms with van der Waals surface area (Å²) in [5.74, 6) is -0.311. The molecule has 1 atom stereocenters. The largest absolute Gasteiger partial charge is 0.497 e. The number of benzene rings is 1. The maximum Gasteiger partial charge on any atom is 0.310 e. The fourth-order valence-electron chi connectivity index (χ4n) is 1.79. The molecule has 0 fully saturated rings. The maximum atomic E-state index is 11.2. The molecule has 0 radical (unpaired) electrons. The molecule has 17 heavy (non-hydrogen) atoms. The summed E-state index contributed by atoms with van der Waals surface area (Å²) in [4.78, 5) is 11.2. The van der Waals surface area contributed by atoms with Gasteiger partial charge in [-0.25, -0.2) is 0 Å². The fourth-order valence-corrected chi connectivity index (χ4v) is 1.79. The molecule has 0 aromatic heterocycles. The second-order valence-corrected chi connectivity index (χ2v) is 4.51. The van der Waals surface area contributed by atoms with Crippen molar-refractivity contribution >= 4 is 5.97 Å². The monoisotopic (exact) mass is 234 g/mol. The van der Waals surface area contributed by atoms with Gasteiger partial charge in [0.25, 0.3) is 0 Å². The lowest BCUT2D eigenvalue weighted by Crippen LogP contribution is -2.30. The van der Waals surface area contributed by atoms with Crippen molar-refractivity contribution in [1.29, 1.82) is 0 Å². The molecule has 1 aromatic carbocycles. The Labute approximate surface area is 102 Å². The molecule has 0 aliphatic rings. The Kier molecular flexibility index (Phi) is 3.94. The van der Waals surface area contributed by atoms with Crippen LogP contribution in [0, 0.1) is 5.41 Å². The van der Waals surface area contributed by atoms with E-state index in [0.29, 0.717) is 0 Å². The van der Waals surface area contributed by atoms with E-state index in [9.17, 15) is 9.90 Å². The van der Waals surface area contributed by atoms with Gasteiger partial charge in [-0.15, -0.1) is 6.58 Å². The molecule has 1 aromatic rings. The van der Waals surface area contributed by atoms with Crippen molar-refractivity contribution in [3.05, 3.63) is 42.5 Å². The van der Waals surface area contributed by atoms with Crippen LogP contribution < -0.4 is 4.74 Å². The van der Waals surface area contributed by atoms with Gasteiger partial charge in [-0.3, -0.25) is 4.79 Å². The van der Waals surface area contributed by atoms with E-state index in [2.05, 4.69) is 6.58 Å². The van der Waals surface area contributed by atoms with E-state index in [1.54, 1.807) is 27.0 Å². The Bertz CT molecular complexity index is 404. The highest BCUT2D eigenvalue weighted by atomic mass is 16.5. The van der Waals surface area contributed by atoms with Gasteiger partial charge in [0.05, 0.1) is 12.5 Å². The first kappa shape index (κ1) is 13.3. The zero-order valence-electron chi connectivity index (χ0n) is 10.4. The predicted molar refractivity (Wildman–Crippen MR) is 67.3 cm³/mol. The van der Waals surface area contributed by atoms with Crippen molar-refractivity contribution in [2.24, 2.45) is 5.41 Å². The number of carboxylic acids is 1. The summed E-state index contributed by atoms with van der Waals surface area (Å²) in [6, 6.07) is 7.39. The molecule has 3 heteroatoms. The first-order valence-corrected chi connectivity index (χ1v) is 5.43. The van der Waals surface area contributed by atoms with Gasteiger partial charge in [-0.2, -0.15) is 0 Å². The van der Waals surface area contributed by atoms with E-state index in [4.69, 9.17) is 4.74 Å². The number of ether oxygens (including phenoxy) is 1. The molecule has 0 saturated carbocycles. The molecule has 1 rings (SSSR count). The smallest absolute Gasteiger partial charge is 0.310 e. The molecule has 0 spiro atoms. The summed E-state index contributed by atoms with van der Waals surface area (Å²) in [5, 5.41) is 9.23. The van der Waals surface area contributed by atoms with Gasteiger partial charge in [0.1, 0.15) is 5.75 Å². The molecule has 0 aliphatic heterocycles. The summed E-state index contributed by atoms with van der Waals surface area (Å²) < 4.78 is 5.07. The van der Waals surface area contributed by atoms with Gasteiger partial charge in [0.2, 0.25) is 0 Å². The molecule has 0 aliphatic carbocycles. The Morgan fingerprint density at radius 3 is 2.29 bits per heavy atom. The zero-order valence-corrected chi connectivity index (χ0v) is 10.4. The number of hydrogen-bond acceptors (Lipinski definition) is 2. The first-order valence-electron chi connectivity index (χ1n) is 5.43. The molecule has 3 nitrogen and oxygen atoms in total. The topological polar surface area (TPSA) is 46.5 Å². The number of carboxylic acid groups (broad SMARTS) is 1. The normalized spacial score (nSPS) is 12.9. The Balaban J connectivity index is 3.09. The van der Waals surface area contributed by atoms with Crippen molar-refractivity contribution in [3.63, 3.8) is 0 Å². The van der Waals surface area contributed by atoms with Gasteiger partial charge < -0.3 is 9.84 Å². The van der Waals surface area contributed by atoms with Crippen LogP contribution >= 0.6 is 0 Å². The van der Waals surface area contributed by atoms with Crippen LogP contribution in [-0.4, -0.2) is 18.2 Å². The first-order chi connectivity index (χ1) is 7.93. The molecule has 0 saturated heterocycles. The number of methoxy groups -OCH3 is 1. The SMILES string of the molecule is C=CC(c1ccc(OC)cc1)C(C)(C)C(=O)O. The van der Waals surface area contributed by atoms with Crippen LogP contribution in [0.25, 0.3) is 0 Å². The Morgan fingerprint density at radius 2 is 1.94 bits per heavy atom. The number of carbonyl (C=O) groups is 1. The summed E-state index contributed by atoms with van der Waals surface area (Å²) in [6.07, 6.45) is 1.68. The summed E-state index contributed by atoms with van der Waals surface area (Å²) in [7, 11) is 1.60. The molecule has 1 N–H and O–H groups in total. The van der Waals surface area contributed by atoms with Crippen molar-refractivity contribution < 1.29 is 14.6 Å². The highest BCUT2D eigenvalue weighted by Gasteiger charge is 2.35. The number of aliphatic carboxylic acids is 1. The molecular formula is C14H18O3. The van der Waals surface area contributed by atoms with Crippen molar-refractivity contribution in [1.82, 2.24) is 0 Å². The molecule has 0 amide bonds. The molecular weight excluding hydrogens is 216 g/mol. The summed E-state index contributed by atoms with van der Waals surface area (Å²) in [6.45, 7) is 7.13. The van der Waals surface area contributed by atoms with E-state index in [1.165, 1.54) is 0 Å². The third-order valence-electron chi connectivity index (χ3n) is 3.04. The van der Waals surface area contributed by atoms with Gasteiger partial charge in [0, 0.05) is 5.92 Å². The fraction of sp³-hybridized carbons (Fsp3) is 0.357. The summed E-state index contributed by atoms with van der Waals surface area (Å²) in [5.41, 5.74) is 0.0456. The second-order valence-electron chi connectivity index (χ2n) is 4.51. The van der Waals surface area contributed by atoms with Crippen LogP contribution in [0.5, 0.6) is 5.75 Å². The minimum absolute atomic E-state index is 0.231. The minimum Gasteiger partial charge on any atom is -0.497 e. The second kappa shape index (κ2) is 5.04. The highest BCUT2D eigenvalue weighted by Crippen LogP contribution is 2.37. The third-order valence-corrected chi connectivity index (χ3v) is 3.04. The quantitative estimate of drug-likeness (QED) is 0.796. The van der Waals surface area contributed by atoms with Crippen LogP contribution in [0.1, 0.15) is 25.3 Å². The van der Waals surface area contributed by atoms with Crippen LogP contribution in [0.4, 0.5) is 0 Å². The predicted octanol–water partition coefficient (Wildman–Crippen LogP) is 3.08. The van der Waals surface area contributed by atoms with Crippen molar-refractivity contribution in [2.45, 2.75) is 19.8 Å². The zero-order chi connectivity index (χ0) is 13.1. The molecule has 92 valence electrons. The van der Waals surface area contributed by atoms with E-state index >= 15 is 0 Å². The lowest BCUT2D eigenvalue weighted by atomic mass is 9.75. The van der Waals surface area contributed by atoms with E-state index < -0.39 is 11.4 Å².